The molecule has 1 rings (SSSR count). The van der Waals surface area contributed by atoms with E-state index in [0.717, 1.165) is 25.4 Å². The summed E-state index contributed by atoms with van der Waals surface area (Å²) in [6.45, 7) is 6.92. The van der Waals surface area contributed by atoms with Crippen molar-refractivity contribution < 1.29 is 9.47 Å². The summed E-state index contributed by atoms with van der Waals surface area (Å²) in [4.78, 5) is 4.29. The van der Waals surface area contributed by atoms with E-state index in [1.807, 2.05) is 25.1 Å². The van der Waals surface area contributed by atoms with E-state index < -0.39 is 0 Å². The number of ether oxygens (including phenoxy) is 2. The molecule has 0 spiro atoms. The lowest BCUT2D eigenvalue weighted by Gasteiger charge is -2.07. The monoisotopic (exact) mass is 224 g/mol. The van der Waals surface area contributed by atoms with Gasteiger partial charge >= 0.3 is 0 Å². The minimum atomic E-state index is 0.544. The van der Waals surface area contributed by atoms with Crippen molar-refractivity contribution >= 4 is 5.82 Å². The van der Waals surface area contributed by atoms with Gasteiger partial charge in [0.05, 0.1) is 6.61 Å². The molecule has 1 heterocycles. The van der Waals surface area contributed by atoms with Gasteiger partial charge in [0.2, 0.25) is 5.88 Å². The molecule has 0 fully saturated rings. The highest BCUT2D eigenvalue weighted by atomic mass is 16.5. The van der Waals surface area contributed by atoms with E-state index >= 15 is 0 Å². The zero-order chi connectivity index (χ0) is 11.6. The van der Waals surface area contributed by atoms with Crippen LogP contribution in [0.25, 0.3) is 0 Å². The Hall–Kier alpha value is -1.29. The number of hydrogen-bond donors (Lipinski definition) is 1. The Morgan fingerprint density at radius 2 is 2.06 bits per heavy atom. The van der Waals surface area contributed by atoms with Crippen LogP contribution >= 0.6 is 0 Å². The molecular weight excluding hydrogens is 204 g/mol. The highest BCUT2D eigenvalue weighted by Crippen LogP contribution is 2.10. The molecule has 0 bridgehead atoms. The number of nitrogens with zero attached hydrogens (tertiary/aromatic N) is 1. The van der Waals surface area contributed by atoms with Crippen molar-refractivity contribution in [1.82, 2.24) is 4.98 Å². The summed E-state index contributed by atoms with van der Waals surface area (Å²) in [5.41, 5.74) is 0. The first-order chi connectivity index (χ1) is 7.86. The second-order valence-corrected chi connectivity index (χ2v) is 3.35. The van der Waals surface area contributed by atoms with E-state index in [9.17, 15) is 0 Å². The zero-order valence-corrected chi connectivity index (χ0v) is 10.0. The number of aromatic nitrogens is 1. The highest BCUT2D eigenvalue weighted by Gasteiger charge is 1.97. The molecule has 0 aliphatic rings. The van der Waals surface area contributed by atoms with Crippen LogP contribution in [0.1, 0.15) is 20.3 Å². The van der Waals surface area contributed by atoms with E-state index in [1.165, 1.54) is 0 Å². The predicted octanol–water partition coefficient (Wildman–Crippen LogP) is 2.32. The van der Waals surface area contributed by atoms with Crippen molar-refractivity contribution in [2.75, 3.05) is 31.7 Å². The lowest BCUT2D eigenvalue weighted by molar-refractivity contribution is 0.0991. The van der Waals surface area contributed by atoms with E-state index in [0.29, 0.717) is 19.1 Å². The Labute approximate surface area is 97.0 Å². The van der Waals surface area contributed by atoms with Gasteiger partial charge in [0, 0.05) is 19.2 Å². The Kier molecular flexibility index (Phi) is 6.33. The maximum Gasteiger partial charge on any atom is 0.215 e. The molecule has 0 saturated heterocycles. The van der Waals surface area contributed by atoms with E-state index in [-0.39, 0.29) is 0 Å². The molecule has 1 aromatic heterocycles. The van der Waals surface area contributed by atoms with Crippen molar-refractivity contribution in [2.45, 2.75) is 20.3 Å². The minimum absolute atomic E-state index is 0.544. The third-order valence-corrected chi connectivity index (χ3v) is 1.91. The van der Waals surface area contributed by atoms with Gasteiger partial charge in [-0.3, -0.25) is 0 Å². The van der Waals surface area contributed by atoms with Crippen LogP contribution in [0.15, 0.2) is 18.2 Å². The second-order valence-electron chi connectivity index (χ2n) is 3.35. The largest absolute Gasteiger partial charge is 0.475 e. The topological polar surface area (TPSA) is 43.4 Å². The van der Waals surface area contributed by atoms with Crippen LogP contribution in [0.4, 0.5) is 5.82 Å². The molecule has 0 amide bonds. The Balaban J connectivity index is 2.27. The molecule has 0 saturated carbocycles. The van der Waals surface area contributed by atoms with Crippen molar-refractivity contribution in [1.29, 1.82) is 0 Å². The fourth-order valence-corrected chi connectivity index (χ4v) is 1.23. The van der Waals surface area contributed by atoms with Gasteiger partial charge in [0.15, 0.2) is 0 Å². The molecule has 1 N–H and O–H groups in total. The van der Waals surface area contributed by atoms with Gasteiger partial charge in [0.25, 0.3) is 0 Å². The van der Waals surface area contributed by atoms with Crippen molar-refractivity contribution in [3.63, 3.8) is 0 Å². The standard InChI is InChI=1S/C12H20N2O2/c1-3-8-15-9-10-16-12-7-5-6-11(14-12)13-4-2/h5-7H,3-4,8-10H2,1-2H3,(H,13,14). The van der Waals surface area contributed by atoms with Gasteiger partial charge in [-0.25, -0.2) is 0 Å². The number of hydrogen-bond acceptors (Lipinski definition) is 4. The van der Waals surface area contributed by atoms with E-state index in [1.54, 1.807) is 0 Å². The van der Waals surface area contributed by atoms with Crippen molar-refractivity contribution in [3.8, 4) is 5.88 Å². The summed E-state index contributed by atoms with van der Waals surface area (Å²) < 4.78 is 10.8. The first-order valence-electron chi connectivity index (χ1n) is 5.78. The summed E-state index contributed by atoms with van der Waals surface area (Å²) in [6.07, 6.45) is 1.04. The second kappa shape index (κ2) is 7.93. The first kappa shape index (κ1) is 12.8. The van der Waals surface area contributed by atoms with Crippen LogP contribution < -0.4 is 10.1 Å². The summed E-state index contributed by atoms with van der Waals surface area (Å²) in [7, 11) is 0. The summed E-state index contributed by atoms with van der Waals surface area (Å²) in [5, 5.41) is 3.14. The molecule has 0 unspecified atom stereocenters. The van der Waals surface area contributed by atoms with Gasteiger partial charge in [-0.2, -0.15) is 4.98 Å². The van der Waals surface area contributed by atoms with Crippen LogP contribution in [-0.2, 0) is 4.74 Å². The first-order valence-corrected chi connectivity index (χ1v) is 5.78. The average Bonchev–Trinajstić information content (AvgIpc) is 2.30. The molecule has 0 aliphatic carbocycles. The maximum atomic E-state index is 5.46. The molecular formula is C12H20N2O2. The molecule has 4 heteroatoms. The van der Waals surface area contributed by atoms with Crippen LogP contribution in [0.3, 0.4) is 0 Å². The van der Waals surface area contributed by atoms with Gasteiger partial charge < -0.3 is 14.8 Å². The van der Waals surface area contributed by atoms with Crippen LogP contribution in [0.5, 0.6) is 5.88 Å². The Morgan fingerprint density at radius 1 is 1.19 bits per heavy atom. The zero-order valence-electron chi connectivity index (χ0n) is 10.0. The van der Waals surface area contributed by atoms with Gasteiger partial charge in [0.1, 0.15) is 12.4 Å². The molecule has 0 aliphatic heterocycles. The normalized spacial score (nSPS) is 10.1. The molecule has 4 nitrogen and oxygen atoms in total. The molecule has 1 aromatic rings. The summed E-state index contributed by atoms with van der Waals surface area (Å²) in [5.74, 6) is 1.48. The lowest BCUT2D eigenvalue weighted by atomic mass is 10.4. The number of anilines is 1. The van der Waals surface area contributed by atoms with Gasteiger partial charge in [-0.15, -0.1) is 0 Å². The van der Waals surface area contributed by atoms with E-state index in [4.69, 9.17) is 9.47 Å². The molecule has 90 valence electrons. The summed E-state index contributed by atoms with van der Waals surface area (Å²) in [6, 6.07) is 5.69. The Bertz CT molecular complexity index is 292. The number of nitrogens with one attached hydrogen (secondary N) is 1. The predicted molar refractivity (Wildman–Crippen MR) is 65.0 cm³/mol. The van der Waals surface area contributed by atoms with E-state index in [2.05, 4.69) is 17.2 Å². The van der Waals surface area contributed by atoms with Crippen LogP contribution in [-0.4, -0.2) is 31.3 Å². The fraction of sp³-hybridized carbons (Fsp3) is 0.583. The molecule has 0 radical (unpaired) electrons. The minimum Gasteiger partial charge on any atom is -0.475 e. The maximum absolute atomic E-state index is 5.46. The number of pyridine rings is 1. The quantitative estimate of drug-likeness (QED) is 0.688. The van der Waals surface area contributed by atoms with Crippen molar-refractivity contribution in [3.05, 3.63) is 18.2 Å². The fourth-order valence-electron chi connectivity index (χ4n) is 1.23. The smallest absolute Gasteiger partial charge is 0.215 e. The third-order valence-electron chi connectivity index (χ3n) is 1.91. The van der Waals surface area contributed by atoms with Crippen molar-refractivity contribution in [2.24, 2.45) is 0 Å². The molecule has 16 heavy (non-hydrogen) atoms. The summed E-state index contributed by atoms with van der Waals surface area (Å²) >= 11 is 0. The average molecular weight is 224 g/mol. The Morgan fingerprint density at radius 3 is 2.81 bits per heavy atom. The van der Waals surface area contributed by atoms with Crippen LogP contribution in [0, 0.1) is 0 Å². The van der Waals surface area contributed by atoms with Crippen LogP contribution in [0.2, 0.25) is 0 Å². The highest BCUT2D eigenvalue weighted by molar-refractivity contribution is 5.36. The third kappa shape index (κ3) is 4.98. The lowest BCUT2D eigenvalue weighted by Crippen LogP contribution is -2.08. The molecule has 0 atom stereocenters. The number of rotatable bonds is 8. The van der Waals surface area contributed by atoms with Gasteiger partial charge in [-0.05, 0) is 19.4 Å². The van der Waals surface area contributed by atoms with Gasteiger partial charge in [-0.1, -0.05) is 13.0 Å². The molecule has 0 aromatic carbocycles. The SMILES string of the molecule is CCCOCCOc1cccc(NCC)n1.